The lowest BCUT2D eigenvalue weighted by molar-refractivity contribution is 0.527. The molecule has 0 aromatic carbocycles. The van der Waals surface area contributed by atoms with Crippen LogP contribution < -0.4 is 5.32 Å². The van der Waals surface area contributed by atoms with E-state index >= 15 is 0 Å². The van der Waals surface area contributed by atoms with Gasteiger partial charge in [-0.25, -0.2) is 0 Å². The monoisotopic (exact) mass is 255 g/mol. The van der Waals surface area contributed by atoms with Crippen molar-refractivity contribution in [3.63, 3.8) is 0 Å². The molecule has 1 N–H and O–H groups in total. The second-order valence-electron chi connectivity index (χ2n) is 4.41. The van der Waals surface area contributed by atoms with Gasteiger partial charge in [0.25, 0.3) is 0 Å². The standard InChI is InChI=1S/C13H22ClN3/c1-5-15-8-6-7-11(4)13-12(14)9-16-17(13)10(2)3/h7,9-10,15H,5-6,8H2,1-4H3/b11-7-. The van der Waals surface area contributed by atoms with Crippen molar-refractivity contribution in [3.8, 4) is 0 Å². The number of nitrogens with zero attached hydrogens (tertiary/aromatic N) is 2. The van der Waals surface area contributed by atoms with Crippen molar-refractivity contribution >= 4 is 17.2 Å². The van der Waals surface area contributed by atoms with Gasteiger partial charge in [0.1, 0.15) is 0 Å². The quantitative estimate of drug-likeness (QED) is 0.789. The average molecular weight is 256 g/mol. The van der Waals surface area contributed by atoms with Crippen LogP contribution in [-0.2, 0) is 0 Å². The lowest BCUT2D eigenvalue weighted by Crippen LogP contribution is -2.13. The van der Waals surface area contributed by atoms with Crippen LogP contribution in [0.2, 0.25) is 5.02 Å². The number of allylic oxidation sites excluding steroid dienone is 1. The molecule has 1 aromatic rings. The van der Waals surface area contributed by atoms with Crippen LogP contribution in [-0.4, -0.2) is 22.9 Å². The molecule has 3 nitrogen and oxygen atoms in total. The fourth-order valence-electron chi connectivity index (χ4n) is 1.77. The van der Waals surface area contributed by atoms with E-state index in [0.717, 1.165) is 30.2 Å². The van der Waals surface area contributed by atoms with Gasteiger partial charge in [0, 0.05) is 6.04 Å². The minimum atomic E-state index is 0.328. The Balaban J connectivity index is 2.80. The zero-order valence-electron chi connectivity index (χ0n) is 11.1. The van der Waals surface area contributed by atoms with Crippen LogP contribution in [0.15, 0.2) is 12.3 Å². The normalized spacial score (nSPS) is 12.5. The molecule has 96 valence electrons. The minimum Gasteiger partial charge on any atom is -0.317 e. The van der Waals surface area contributed by atoms with Gasteiger partial charge in [0.2, 0.25) is 0 Å². The zero-order valence-corrected chi connectivity index (χ0v) is 11.9. The number of rotatable bonds is 6. The number of nitrogens with one attached hydrogen (secondary N) is 1. The molecule has 1 aromatic heterocycles. The average Bonchev–Trinajstić information content (AvgIpc) is 2.66. The molecule has 0 aliphatic rings. The van der Waals surface area contributed by atoms with Gasteiger partial charge in [0.15, 0.2) is 0 Å². The topological polar surface area (TPSA) is 29.9 Å². The number of hydrogen-bond donors (Lipinski definition) is 1. The van der Waals surface area contributed by atoms with Crippen molar-refractivity contribution in [2.24, 2.45) is 0 Å². The molecule has 0 spiro atoms. The third-order valence-electron chi connectivity index (χ3n) is 2.64. The molecule has 4 heteroatoms. The van der Waals surface area contributed by atoms with E-state index in [1.54, 1.807) is 6.20 Å². The molecule has 0 bridgehead atoms. The molecule has 0 aliphatic carbocycles. The van der Waals surface area contributed by atoms with Crippen LogP contribution in [0, 0.1) is 0 Å². The van der Waals surface area contributed by atoms with Crippen LogP contribution in [0.25, 0.3) is 5.57 Å². The Labute approximate surface area is 109 Å². The Hall–Kier alpha value is -0.800. The van der Waals surface area contributed by atoms with Crippen molar-refractivity contribution in [2.45, 2.75) is 40.2 Å². The molecule has 1 rings (SSSR count). The van der Waals surface area contributed by atoms with E-state index < -0.39 is 0 Å². The van der Waals surface area contributed by atoms with Crippen LogP contribution >= 0.6 is 11.6 Å². The molecule has 0 amide bonds. The summed E-state index contributed by atoms with van der Waals surface area (Å²) in [6, 6.07) is 0.328. The number of hydrogen-bond acceptors (Lipinski definition) is 2. The molecule has 17 heavy (non-hydrogen) atoms. The Kier molecular flexibility index (Phi) is 5.72. The van der Waals surface area contributed by atoms with Crippen LogP contribution in [0.4, 0.5) is 0 Å². The summed E-state index contributed by atoms with van der Waals surface area (Å²) in [6.45, 7) is 10.4. The van der Waals surface area contributed by atoms with Gasteiger partial charge in [-0.05, 0) is 45.9 Å². The van der Waals surface area contributed by atoms with Crippen molar-refractivity contribution in [1.29, 1.82) is 0 Å². The molecule has 0 unspecified atom stereocenters. The maximum Gasteiger partial charge on any atom is 0.0862 e. The Bertz CT molecular complexity index is 380. The highest BCUT2D eigenvalue weighted by atomic mass is 35.5. The Morgan fingerprint density at radius 1 is 1.59 bits per heavy atom. The first-order valence-electron chi connectivity index (χ1n) is 6.18. The fraction of sp³-hybridized carbons (Fsp3) is 0.615. The summed E-state index contributed by atoms with van der Waals surface area (Å²) >= 11 is 6.18. The largest absolute Gasteiger partial charge is 0.317 e. The van der Waals surface area contributed by atoms with Crippen molar-refractivity contribution in [2.75, 3.05) is 13.1 Å². The summed E-state index contributed by atoms with van der Waals surface area (Å²) in [5.74, 6) is 0. The molecule has 0 radical (unpaired) electrons. The van der Waals surface area contributed by atoms with Crippen molar-refractivity contribution in [3.05, 3.63) is 23.0 Å². The molecule has 0 fully saturated rings. The summed E-state index contributed by atoms with van der Waals surface area (Å²) in [5, 5.41) is 8.34. The first kappa shape index (κ1) is 14.3. The molecule has 0 saturated heterocycles. The smallest absolute Gasteiger partial charge is 0.0862 e. The lowest BCUT2D eigenvalue weighted by Gasteiger charge is -2.12. The first-order valence-corrected chi connectivity index (χ1v) is 6.56. The van der Waals surface area contributed by atoms with Gasteiger partial charge in [0.05, 0.1) is 16.9 Å². The Morgan fingerprint density at radius 3 is 2.88 bits per heavy atom. The number of halogens is 1. The highest BCUT2D eigenvalue weighted by molar-refractivity contribution is 6.32. The molecular formula is C13H22ClN3. The molecule has 0 saturated carbocycles. The second-order valence-corrected chi connectivity index (χ2v) is 4.82. The van der Waals surface area contributed by atoms with Gasteiger partial charge in [-0.2, -0.15) is 5.10 Å². The summed E-state index contributed by atoms with van der Waals surface area (Å²) in [4.78, 5) is 0. The SMILES string of the molecule is CCNCC/C=C(/C)c1c(Cl)cnn1C(C)C. The van der Waals surface area contributed by atoms with Crippen LogP contribution in [0.1, 0.15) is 45.9 Å². The van der Waals surface area contributed by atoms with E-state index in [0.29, 0.717) is 6.04 Å². The molecule has 0 aliphatic heterocycles. The minimum absolute atomic E-state index is 0.328. The second kappa shape index (κ2) is 6.82. The van der Waals surface area contributed by atoms with E-state index in [-0.39, 0.29) is 0 Å². The van der Waals surface area contributed by atoms with Gasteiger partial charge in [-0.15, -0.1) is 0 Å². The van der Waals surface area contributed by atoms with Gasteiger partial charge >= 0.3 is 0 Å². The third kappa shape index (κ3) is 3.86. The highest BCUT2D eigenvalue weighted by Crippen LogP contribution is 2.26. The summed E-state index contributed by atoms with van der Waals surface area (Å²) in [6.07, 6.45) is 4.95. The summed E-state index contributed by atoms with van der Waals surface area (Å²) < 4.78 is 1.97. The molecule has 0 atom stereocenters. The van der Waals surface area contributed by atoms with Crippen LogP contribution in [0.5, 0.6) is 0 Å². The van der Waals surface area contributed by atoms with E-state index in [9.17, 15) is 0 Å². The summed E-state index contributed by atoms with van der Waals surface area (Å²) in [7, 11) is 0. The van der Waals surface area contributed by atoms with Crippen molar-refractivity contribution < 1.29 is 0 Å². The fourth-order valence-corrected chi connectivity index (χ4v) is 2.05. The zero-order chi connectivity index (χ0) is 12.8. The van der Waals surface area contributed by atoms with E-state index in [1.807, 2.05) is 4.68 Å². The number of aromatic nitrogens is 2. The first-order chi connectivity index (χ1) is 8.07. The van der Waals surface area contributed by atoms with Crippen molar-refractivity contribution in [1.82, 2.24) is 15.1 Å². The predicted molar refractivity (Wildman–Crippen MR) is 74.4 cm³/mol. The maximum absolute atomic E-state index is 6.18. The van der Waals surface area contributed by atoms with E-state index in [4.69, 9.17) is 11.6 Å². The highest BCUT2D eigenvalue weighted by Gasteiger charge is 2.12. The van der Waals surface area contributed by atoms with Gasteiger partial charge < -0.3 is 5.32 Å². The molecule has 1 heterocycles. The predicted octanol–water partition coefficient (Wildman–Crippen LogP) is 3.52. The molecular weight excluding hydrogens is 234 g/mol. The maximum atomic E-state index is 6.18. The summed E-state index contributed by atoms with van der Waals surface area (Å²) in [5.41, 5.74) is 2.23. The van der Waals surface area contributed by atoms with E-state index in [2.05, 4.69) is 44.2 Å². The van der Waals surface area contributed by atoms with Gasteiger partial charge in [-0.3, -0.25) is 4.68 Å². The lowest BCUT2D eigenvalue weighted by atomic mass is 10.1. The van der Waals surface area contributed by atoms with Crippen LogP contribution in [0.3, 0.4) is 0 Å². The van der Waals surface area contributed by atoms with Gasteiger partial charge in [-0.1, -0.05) is 24.6 Å². The van der Waals surface area contributed by atoms with E-state index in [1.165, 1.54) is 5.57 Å². The third-order valence-corrected chi connectivity index (χ3v) is 2.91. The Morgan fingerprint density at radius 2 is 2.29 bits per heavy atom.